The maximum absolute atomic E-state index is 4.18. The first-order valence-corrected chi connectivity index (χ1v) is 3.59. The van der Waals surface area contributed by atoms with E-state index in [-0.39, 0.29) is 32.7 Å². The van der Waals surface area contributed by atoms with Crippen molar-refractivity contribution >= 4 is 10.8 Å². The number of aryl methyl sites for hydroxylation is 1. The van der Waals surface area contributed by atoms with Gasteiger partial charge in [0.05, 0.1) is 0 Å². The summed E-state index contributed by atoms with van der Waals surface area (Å²) in [7, 11) is 0. The minimum atomic E-state index is 0. The number of nitrogens with zero attached hydrogens (tertiary/aromatic N) is 1. The molecule has 0 atom stereocenters. The van der Waals surface area contributed by atoms with Gasteiger partial charge in [0.25, 0.3) is 0 Å². The Kier molecular flexibility index (Phi) is 3.36. The van der Waals surface area contributed by atoms with E-state index in [0.717, 1.165) is 11.1 Å². The molecule has 1 nitrogen and oxygen atoms in total. The van der Waals surface area contributed by atoms with Crippen LogP contribution in [-0.4, -0.2) is 4.98 Å². The second kappa shape index (κ2) is 4.11. The molecule has 12 heavy (non-hydrogen) atoms. The van der Waals surface area contributed by atoms with E-state index in [1.165, 1.54) is 5.39 Å². The van der Waals surface area contributed by atoms with E-state index in [1.54, 1.807) is 0 Å². The van der Waals surface area contributed by atoms with Crippen molar-refractivity contribution in [1.82, 2.24) is 4.98 Å². The van der Waals surface area contributed by atoms with E-state index < -0.39 is 0 Å². The Labute approximate surface area is 97.1 Å². The Balaban J connectivity index is 0.000000720. The molecule has 2 heteroatoms. The summed E-state index contributed by atoms with van der Waals surface area (Å²) in [5.74, 6) is 0. The second-order valence-electron chi connectivity index (χ2n) is 2.58. The molecule has 0 amide bonds. The Hall–Kier alpha value is -0.266. The van der Waals surface area contributed by atoms with Gasteiger partial charge in [-0.05, 0) is 13.1 Å². The first kappa shape index (κ1) is 9.82. The van der Waals surface area contributed by atoms with Crippen molar-refractivity contribution in [2.24, 2.45) is 0 Å². The fraction of sp³-hybridized carbons (Fsp3) is 0.100. The fourth-order valence-electron chi connectivity index (χ4n) is 1.13. The van der Waals surface area contributed by atoms with Crippen LogP contribution in [0.3, 0.4) is 0 Å². The van der Waals surface area contributed by atoms with Gasteiger partial charge in [0.2, 0.25) is 0 Å². The van der Waals surface area contributed by atoms with Crippen molar-refractivity contribution in [1.29, 1.82) is 0 Å². The van der Waals surface area contributed by atoms with E-state index in [9.17, 15) is 0 Å². The van der Waals surface area contributed by atoms with Crippen LogP contribution < -0.4 is 0 Å². The zero-order valence-electron chi connectivity index (χ0n) is 6.91. The maximum Gasteiger partial charge on any atom is 0.0173 e. The summed E-state index contributed by atoms with van der Waals surface area (Å²) in [5.41, 5.74) is 1.05. The molecule has 0 saturated carbocycles. The van der Waals surface area contributed by atoms with Crippen molar-refractivity contribution in [2.75, 3.05) is 0 Å². The third-order valence-electron chi connectivity index (χ3n) is 1.68. The average Bonchev–Trinajstić information content (AvgIpc) is 2.04. The van der Waals surface area contributed by atoms with Crippen molar-refractivity contribution in [3.05, 3.63) is 42.2 Å². The quantitative estimate of drug-likeness (QED) is 0.634. The molecule has 2 rings (SSSR count). The SMILES string of the molecule is Cc1cc2ccc[c-]c2cn1.[Y]. The number of benzene rings is 1. The maximum atomic E-state index is 4.18. The predicted octanol–water partition coefficient (Wildman–Crippen LogP) is 2.34. The third-order valence-corrected chi connectivity index (χ3v) is 1.68. The van der Waals surface area contributed by atoms with E-state index in [2.05, 4.69) is 23.2 Å². The Morgan fingerprint density at radius 1 is 1.42 bits per heavy atom. The standard InChI is InChI=1S/C10H8N.Y/c1-8-6-9-4-2-3-5-10(9)7-11-8;/h2-4,6-7H,1H3;/q-1;. The summed E-state index contributed by atoms with van der Waals surface area (Å²) < 4.78 is 0. The van der Waals surface area contributed by atoms with E-state index in [0.29, 0.717) is 0 Å². The van der Waals surface area contributed by atoms with Crippen molar-refractivity contribution in [3.8, 4) is 0 Å². The topological polar surface area (TPSA) is 12.9 Å². The first-order chi connectivity index (χ1) is 5.36. The molecule has 0 aliphatic heterocycles. The molecule has 0 unspecified atom stereocenters. The zero-order chi connectivity index (χ0) is 7.68. The monoisotopic (exact) mass is 231 g/mol. The first-order valence-electron chi connectivity index (χ1n) is 3.59. The van der Waals surface area contributed by atoms with Gasteiger partial charge in [-0.3, -0.25) is 0 Å². The molecule has 0 spiro atoms. The molecule has 0 fully saturated rings. The molecule has 0 saturated heterocycles. The molecule has 1 heterocycles. The number of aromatic nitrogens is 1. The van der Waals surface area contributed by atoms with Gasteiger partial charge >= 0.3 is 0 Å². The molecule has 1 aromatic carbocycles. The summed E-state index contributed by atoms with van der Waals surface area (Å²) >= 11 is 0. The largest absolute Gasteiger partial charge is 0.310 e. The van der Waals surface area contributed by atoms with Gasteiger partial charge in [-0.25, -0.2) is 0 Å². The second-order valence-corrected chi connectivity index (χ2v) is 2.58. The van der Waals surface area contributed by atoms with Gasteiger partial charge in [0, 0.05) is 38.4 Å². The van der Waals surface area contributed by atoms with Gasteiger partial charge in [-0.15, -0.1) is 35.0 Å². The fourth-order valence-corrected chi connectivity index (χ4v) is 1.13. The number of hydrogen-bond donors (Lipinski definition) is 0. The minimum absolute atomic E-state index is 0. The van der Waals surface area contributed by atoms with Crippen LogP contribution in [0.5, 0.6) is 0 Å². The Morgan fingerprint density at radius 2 is 2.25 bits per heavy atom. The zero-order valence-corrected chi connectivity index (χ0v) is 9.75. The van der Waals surface area contributed by atoms with Crippen LogP contribution in [0.1, 0.15) is 5.69 Å². The van der Waals surface area contributed by atoms with Crippen LogP contribution in [0.15, 0.2) is 30.5 Å². The van der Waals surface area contributed by atoms with E-state index in [4.69, 9.17) is 0 Å². The summed E-state index contributed by atoms with van der Waals surface area (Å²) in [6, 6.07) is 11.1. The van der Waals surface area contributed by atoms with Crippen LogP contribution in [0, 0.1) is 13.0 Å². The molecular weight excluding hydrogens is 223 g/mol. The summed E-state index contributed by atoms with van der Waals surface area (Å²) in [4.78, 5) is 4.18. The van der Waals surface area contributed by atoms with E-state index >= 15 is 0 Å². The smallest absolute Gasteiger partial charge is 0.0173 e. The minimum Gasteiger partial charge on any atom is -0.310 e. The van der Waals surface area contributed by atoms with Crippen molar-refractivity contribution in [3.63, 3.8) is 0 Å². The Morgan fingerprint density at radius 3 is 3.08 bits per heavy atom. The van der Waals surface area contributed by atoms with Gasteiger partial charge in [0.1, 0.15) is 0 Å². The van der Waals surface area contributed by atoms with Crippen LogP contribution in [0.2, 0.25) is 0 Å². The number of fused-ring (bicyclic) bond motifs is 1. The third kappa shape index (κ3) is 1.91. The van der Waals surface area contributed by atoms with Crippen LogP contribution in [0.4, 0.5) is 0 Å². The molecule has 1 aromatic heterocycles. The van der Waals surface area contributed by atoms with Gasteiger partial charge in [-0.2, -0.15) is 0 Å². The van der Waals surface area contributed by atoms with Crippen molar-refractivity contribution in [2.45, 2.75) is 6.92 Å². The molecule has 0 bridgehead atoms. The average molecular weight is 231 g/mol. The molecule has 2 aromatic rings. The predicted molar refractivity (Wildman–Crippen MR) is 45.3 cm³/mol. The number of rotatable bonds is 0. The summed E-state index contributed by atoms with van der Waals surface area (Å²) in [5, 5.41) is 2.29. The van der Waals surface area contributed by atoms with Gasteiger partial charge < -0.3 is 4.98 Å². The molecule has 0 N–H and O–H groups in total. The normalized spacial score (nSPS) is 9.42. The summed E-state index contributed by atoms with van der Waals surface area (Å²) in [6.45, 7) is 1.99. The molecule has 57 valence electrons. The van der Waals surface area contributed by atoms with Crippen LogP contribution in [0.25, 0.3) is 10.8 Å². The molecule has 0 aliphatic rings. The number of pyridine rings is 1. The van der Waals surface area contributed by atoms with Gasteiger partial charge in [0.15, 0.2) is 0 Å². The van der Waals surface area contributed by atoms with Gasteiger partial charge in [-0.1, -0.05) is 6.07 Å². The summed E-state index contributed by atoms with van der Waals surface area (Å²) in [6.07, 6.45) is 1.85. The Bertz CT molecular complexity index is 384. The molecule has 0 aliphatic carbocycles. The van der Waals surface area contributed by atoms with Crippen molar-refractivity contribution < 1.29 is 32.7 Å². The number of hydrogen-bond acceptors (Lipinski definition) is 1. The molecular formula is C10H8NY-. The molecule has 1 radical (unpaired) electrons. The van der Waals surface area contributed by atoms with E-state index in [1.807, 2.05) is 25.3 Å². The van der Waals surface area contributed by atoms with Crippen LogP contribution in [-0.2, 0) is 32.7 Å². The van der Waals surface area contributed by atoms with Crippen LogP contribution >= 0.6 is 0 Å².